The van der Waals surface area contributed by atoms with Crippen molar-refractivity contribution in [3.63, 3.8) is 0 Å². The van der Waals surface area contributed by atoms with Crippen molar-refractivity contribution in [2.24, 2.45) is 0 Å². The maximum Gasteiger partial charge on any atom is 0.171 e. The van der Waals surface area contributed by atoms with Gasteiger partial charge >= 0.3 is 0 Å². The lowest BCUT2D eigenvalue weighted by Gasteiger charge is -2.01. The van der Waals surface area contributed by atoms with Crippen LogP contribution in [-0.2, 0) is 0 Å². The third-order valence-electron chi connectivity index (χ3n) is 1.09. The SMILES string of the molecule is Clc1ncccc1OCC#CI. The number of ether oxygens (including phenoxy) is 1. The van der Waals surface area contributed by atoms with Crippen LogP contribution in [0.2, 0.25) is 5.15 Å². The summed E-state index contributed by atoms with van der Waals surface area (Å²) in [7, 11) is 0. The highest BCUT2D eigenvalue weighted by Gasteiger charge is 1.98. The van der Waals surface area contributed by atoms with Gasteiger partial charge in [-0.05, 0) is 16.1 Å². The Labute approximate surface area is 89.4 Å². The molecule has 0 amide bonds. The molecule has 0 fully saturated rings. The summed E-state index contributed by atoms with van der Waals surface area (Å²) in [5, 5.41) is 0.368. The molecular formula is C8H5ClINO. The molecular weight excluding hydrogens is 288 g/mol. The van der Waals surface area contributed by atoms with Crippen LogP contribution >= 0.6 is 34.2 Å². The van der Waals surface area contributed by atoms with E-state index in [4.69, 9.17) is 16.3 Å². The molecule has 1 heterocycles. The normalized spacial score (nSPS) is 8.50. The number of rotatable bonds is 2. The second kappa shape index (κ2) is 5.22. The first-order valence-electron chi connectivity index (χ1n) is 3.16. The number of pyridine rings is 1. The number of hydrogen-bond acceptors (Lipinski definition) is 2. The molecule has 1 aromatic rings. The molecule has 0 aliphatic rings. The largest absolute Gasteiger partial charge is 0.478 e. The molecule has 62 valence electrons. The Balaban J connectivity index is 2.61. The first-order chi connectivity index (χ1) is 5.84. The lowest BCUT2D eigenvalue weighted by molar-refractivity contribution is 0.369. The van der Waals surface area contributed by atoms with Crippen molar-refractivity contribution < 1.29 is 4.74 Å². The summed E-state index contributed by atoms with van der Waals surface area (Å²) in [6.45, 7) is 0.342. The molecule has 4 heteroatoms. The third-order valence-corrected chi connectivity index (χ3v) is 1.76. The van der Waals surface area contributed by atoms with Gasteiger partial charge in [0.05, 0.1) is 0 Å². The molecule has 0 spiro atoms. The van der Waals surface area contributed by atoms with Crippen LogP contribution < -0.4 is 4.74 Å². The van der Waals surface area contributed by atoms with Gasteiger partial charge < -0.3 is 4.74 Å². The van der Waals surface area contributed by atoms with E-state index in [0.29, 0.717) is 17.5 Å². The Bertz CT molecular complexity index is 318. The van der Waals surface area contributed by atoms with Gasteiger partial charge in [-0.2, -0.15) is 0 Å². The van der Waals surface area contributed by atoms with Crippen molar-refractivity contribution in [3.8, 4) is 15.6 Å². The quantitative estimate of drug-likeness (QED) is 0.475. The summed E-state index contributed by atoms with van der Waals surface area (Å²) in [6, 6.07) is 3.52. The third kappa shape index (κ3) is 2.88. The van der Waals surface area contributed by atoms with E-state index in [1.807, 2.05) is 22.6 Å². The van der Waals surface area contributed by atoms with Gasteiger partial charge in [-0.1, -0.05) is 17.5 Å². The van der Waals surface area contributed by atoms with Gasteiger partial charge in [-0.25, -0.2) is 4.98 Å². The van der Waals surface area contributed by atoms with E-state index in [1.165, 1.54) is 0 Å². The lowest BCUT2D eigenvalue weighted by Crippen LogP contribution is -1.94. The van der Waals surface area contributed by atoms with Crippen LogP contribution in [-0.4, -0.2) is 11.6 Å². The number of hydrogen-bond donors (Lipinski definition) is 0. The van der Waals surface area contributed by atoms with E-state index in [9.17, 15) is 0 Å². The molecule has 0 saturated carbocycles. The Morgan fingerprint density at radius 1 is 1.67 bits per heavy atom. The van der Waals surface area contributed by atoms with Gasteiger partial charge in [0.15, 0.2) is 10.9 Å². The van der Waals surface area contributed by atoms with Crippen molar-refractivity contribution in [1.82, 2.24) is 4.98 Å². The van der Waals surface area contributed by atoms with E-state index in [-0.39, 0.29) is 0 Å². The molecule has 0 radical (unpaired) electrons. The Kier molecular flexibility index (Phi) is 4.19. The molecule has 2 nitrogen and oxygen atoms in total. The van der Waals surface area contributed by atoms with Crippen molar-refractivity contribution >= 4 is 34.2 Å². The Morgan fingerprint density at radius 2 is 2.50 bits per heavy atom. The second-order valence-corrected chi connectivity index (χ2v) is 2.75. The van der Waals surface area contributed by atoms with Crippen LogP contribution in [0.4, 0.5) is 0 Å². The first-order valence-corrected chi connectivity index (χ1v) is 4.62. The van der Waals surface area contributed by atoms with E-state index in [2.05, 4.69) is 14.8 Å². The summed E-state index contributed by atoms with van der Waals surface area (Å²) < 4.78 is 7.89. The monoisotopic (exact) mass is 293 g/mol. The van der Waals surface area contributed by atoms with Crippen LogP contribution in [0, 0.1) is 9.85 Å². The molecule has 0 N–H and O–H groups in total. The highest BCUT2D eigenvalue weighted by molar-refractivity contribution is 14.1. The summed E-state index contributed by atoms with van der Waals surface area (Å²) in [6.07, 6.45) is 1.61. The number of nitrogens with zero attached hydrogens (tertiary/aromatic N) is 1. The zero-order chi connectivity index (χ0) is 8.81. The summed E-state index contributed by atoms with van der Waals surface area (Å²) in [4.78, 5) is 3.85. The smallest absolute Gasteiger partial charge is 0.171 e. The van der Waals surface area contributed by atoms with E-state index in [1.54, 1.807) is 18.3 Å². The van der Waals surface area contributed by atoms with Gasteiger partial charge in [0.1, 0.15) is 6.61 Å². The fourth-order valence-corrected chi connectivity index (χ4v) is 0.950. The topological polar surface area (TPSA) is 22.1 Å². The average molecular weight is 293 g/mol. The van der Waals surface area contributed by atoms with Crippen molar-refractivity contribution in [2.45, 2.75) is 0 Å². The predicted molar refractivity (Wildman–Crippen MR) is 56.5 cm³/mol. The van der Waals surface area contributed by atoms with Gasteiger partial charge in [0, 0.05) is 28.8 Å². The van der Waals surface area contributed by atoms with Crippen molar-refractivity contribution in [2.75, 3.05) is 6.61 Å². The fourth-order valence-electron chi connectivity index (χ4n) is 0.620. The molecule has 0 unspecified atom stereocenters. The molecule has 0 aromatic carbocycles. The van der Waals surface area contributed by atoms with Crippen LogP contribution in [0.15, 0.2) is 18.3 Å². The zero-order valence-electron chi connectivity index (χ0n) is 6.05. The molecule has 0 saturated heterocycles. The minimum absolute atomic E-state index is 0.342. The minimum atomic E-state index is 0.342. The second-order valence-electron chi connectivity index (χ2n) is 1.85. The van der Waals surface area contributed by atoms with E-state index >= 15 is 0 Å². The van der Waals surface area contributed by atoms with Gasteiger partial charge in [0.2, 0.25) is 0 Å². The molecule has 0 atom stereocenters. The Hall–Kier alpha value is -0.470. The van der Waals surface area contributed by atoms with Crippen LogP contribution in [0.3, 0.4) is 0 Å². The maximum atomic E-state index is 5.72. The van der Waals surface area contributed by atoms with Gasteiger partial charge in [-0.3, -0.25) is 0 Å². The minimum Gasteiger partial charge on any atom is -0.478 e. The summed E-state index contributed by atoms with van der Waals surface area (Å²) >= 11 is 7.67. The molecule has 1 aromatic heterocycles. The Morgan fingerprint density at radius 3 is 3.17 bits per heavy atom. The van der Waals surface area contributed by atoms with Crippen molar-refractivity contribution in [1.29, 1.82) is 0 Å². The maximum absolute atomic E-state index is 5.72. The molecule has 0 bridgehead atoms. The molecule has 1 rings (SSSR count). The first kappa shape index (κ1) is 9.62. The van der Waals surface area contributed by atoms with Gasteiger partial charge in [-0.15, -0.1) is 0 Å². The molecule has 0 aliphatic carbocycles. The van der Waals surface area contributed by atoms with Crippen LogP contribution in [0.25, 0.3) is 0 Å². The fraction of sp³-hybridized carbons (Fsp3) is 0.125. The highest BCUT2D eigenvalue weighted by atomic mass is 127. The number of halogens is 2. The van der Waals surface area contributed by atoms with Gasteiger partial charge in [0.25, 0.3) is 0 Å². The average Bonchev–Trinajstić information content (AvgIpc) is 2.09. The molecule has 12 heavy (non-hydrogen) atoms. The number of aromatic nitrogens is 1. The highest BCUT2D eigenvalue weighted by Crippen LogP contribution is 2.19. The van der Waals surface area contributed by atoms with Crippen LogP contribution in [0.1, 0.15) is 0 Å². The standard InChI is InChI=1S/C8H5ClINO/c9-8-7(3-1-5-11-8)12-6-2-4-10/h1,3,5H,6H2. The summed E-state index contributed by atoms with van der Waals surface area (Å²) in [5.41, 5.74) is 0. The zero-order valence-corrected chi connectivity index (χ0v) is 8.96. The van der Waals surface area contributed by atoms with Crippen molar-refractivity contribution in [3.05, 3.63) is 23.5 Å². The lowest BCUT2D eigenvalue weighted by atomic mass is 10.5. The van der Waals surface area contributed by atoms with E-state index < -0.39 is 0 Å². The van der Waals surface area contributed by atoms with E-state index in [0.717, 1.165) is 0 Å². The summed E-state index contributed by atoms with van der Waals surface area (Å²) in [5.74, 6) is 3.32. The van der Waals surface area contributed by atoms with Crippen LogP contribution in [0.5, 0.6) is 5.75 Å². The molecule has 0 aliphatic heterocycles. The predicted octanol–water partition coefficient (Wildman–Crippen LogP) is 2.51.